The van der Waals surface area contributed by atoms with Crippen molar-refractivity contribution in [2.45, 2.75) is 49.2 Å². The summed E-state index contributed by atoms with van der Waals surface area (Å²) in [6, 6.07) is 5.89. The Morgan fingerprint density at radius 1 is 1.31 bits per heavy atom. The maximum absolute atomic E-state index is 12.8. The number of allylic oxidation sites excluding steroid dienone is 1. The van der Waals surface area contributed by atoms with E-state index in [-0.39, 0.29) is 22.9 Å². The van der Waals surface area contributed by atoms with Crippen molar-refractivity contribution in [2.75, 3.05) is 13.7 Å². The Morgan fingerprint density at radius 3 is 2.78 bits per heavy atom. The number of nitrogens with zero attached hydrogens (tertiary/aromatic N) is 3. The SMILES string of the molecule is COC(=O)CCC/C=C\[C@@H]1C[C@@H](NS(=O)(=O)c2ccc(Cl)cc2)CN1Cc1cnccn1. The molecule has 1 saturated heterocycles. The van der Waals surface area contributed by atoms with Crippen molar-refractivity contribution in [2.24, 2.45) is 0 Å². The molecule has 1 aromatic carbocycles. The molecule has 0 radical (unpaired) electrons. The van der Waals surface area contributed by atoms with E-state index in [1.54, 1.807) is 30.7 Å². The molecular weight excluding hydrogens is 452 g/mol. The summed E-state index contributed by atoms with van der Waals surface area (Å²) >= 11 is 5.88. The number of hydrogen-bond acceptors (Lipinski definition) is 7. The van der Waals surface area contributed by atoms with Crippen LogP contribution in [0.3, 0.4) is 0 Å². The van der Waals surface area contributed by atoms with Crippen molar-refractivity contribution < 1.29 is 17.9 Å². The van der Waals surface area contributed by atoms with Crippen LogP contribution < -0.4 is 4.72 Å². The van der Waals surface area contributed by atoms with Crippen molar-refractivity contribution >= 4 is 27.6 Å². The zero-order valence-corrected chi connectivity index (χ0v) is 19.4. The highest BCUT2D eigenvalue weighted by molar-refractivity contribution is 7.89. The second kappa shape index (κ2) is 11.5. The van der Waals surface area contributed by atoms with Gasteiger partial charge in [0.25, 0.3) is 0 Å². The van der Waals surface area contributed by atoms with Gasteiger partial charge in [0.15, 0.2) is 0 Å². The zero-order chi connectivity index (χ0) is 23.0. The van der Waals surface area contributed by atoms with Crippen LogP contribution in [0.1, 0.15) is 31.4 Å². The smallest absolute Gasteiger partial charge is 0.305 e. The number of unbranched alkanes of at least 4 members (excludes halogenated alkanes) is 1. The molecule has 1 N–H and O–H groups in total. The zero-order valence-electron chi connectivity index (χ0n) is 17.9. The molecule has 1 aromatic heterocycles. The molecule has 172 valence electrons. The molecule has 1 fully saturated rings. The normalized spacial score (nSPS) is 19.4. The molecule has 0 saturated carbocycles. The molecule has 10 heteroatoms. The molecule has 1 aliphatic rings. The fraction of sp³-hybridized carbons (Fsp3) is 0.409. The standard InChI is InChI=1S/C22H27ClN4O4S/c1-31-22(28)6-4-2-3-5-20-13-18(15-27(20)16-19-14-24-11-12-25-19)26-32(29,30)21-9-7-17(23)8-10-21/h3,5,7-12,14,18,20,26H,2,4,6,13,15-16H2,1H3/b5-3-/t18-,20-/m1/s1. The number of ether oxygens (including phenoxy) is 1. The van der Waals surface area contributed by atoms with Crippen LogP contribution in [0, 0.1) is 0 Å². The molecule has 0 amide bonds. The van der Waals surface area contributed by atoms with Crippen molar-refractivity contribution in [3.8, 4) is 0 Å². The van der Waals surface area contributed by atoms with Crippen molar-refractivity contribution in [3.05, 3.63) is 65.7 Å². The average Bonchev–Trinajstić information content (AvgIpc) is 3.14. The molecule has 32 heavy (non-hydrogen) atoms. The van der Waals surface area contributed by atoms with Gasteiger partial charge in [-0.25, -0.2) is 13.1 Å². The number of nitrogens with one attached hydrogen (secondary N) is 1. The lowest BCUT2D eigenvalue weighted by molar-refractivity contribution is -0.140. The van der Waals surface area contributed by atoms with Crippen LogP contribution in [0.5, 0.6) is 0 Å². The minimum Gasteiger partial charge on any atom is -0.469 e. The fourth-order valence-electron chi connectivity index (χ4n) is 3.64. The Balaban J connectivity index is 1.66. The predicted molar refractivity (Wildman–Crippen MR) is 121 cm³/mol. The van der Waals surface area contributed by atoms with Gasteiger partial charge in [0.05, 0.1) is 17.7 Å². The summed E-state index contributed by atoms with van der Waals surface area (Å²) in [5.41, 5.74) is 0.817. The van der Waals surface area contributed by atoms with E-state index < -0.39 is 10.0 Å². The van der Waals surface area contributed by atoms with Gasteiger partial charge in [-0.1, -0.05) is 23.8 Å². The third-order valence-electron chi connectivity index (χ3n) is 5.22. The van der Waals surface area contributed by atoms with Crippen LogP contribution in [0.15, 0.2) is 59.9 Å². The number of sulfonamides is 1. The van der Waals surface area contributed by atoms with Crippen LogP contribution in [-0.4, -0.2) is 55.0 Å². The van der Waals surface area contributed by atoms with Crippen LogP contribution in [0.4, 0.5) is 0 Å². The van der Waals surface area contributed by atoms with Gasteiger partial charge >= 0.3 is 5.97 Å². The fourth-order valence-corrected chi connectivity index (χ4v) is 5.01. The molecule has 1 aliphatic heterocycles. The number of esters is 1. The number of rotatable bonds is 10. The Labute approximate surface area is 193 Å². The highest BCUT2D eigenvalue weighted by Crippen LogP contribution is 2.23. The number of aromatic nitrogens is 2. The van der Waals surface area contributed by atoms with Crippen LogP contribution >= 0.6 is 11.6 Å². The van der Waals surface area contributed by atoms with Crippen LogP contribution in [0.2, 0.25) is 5.02 Å². The quantitative estimate of drug-likeness (QED) is 0.318. The van der Waals surface area contributed by atoms with Crippen molar-refractivity contribution in [3.63, 3.8) is 0 Å². The third-order valence-corrected chi connectivity index (χ3v) is 7.00. The molecule has 8 nitrogen and oxygen atoms in total. The predicted octanol–water partition coefficient (Wildman–Crippen LogP) is 2.95. The molecule has 2 heterocycles. The molecule has 0 aliphatic carbocycles. The summed E-state index contributed by atoms with van der Waals surface area (Å²) in [6.45, 7) is 1.10. The topological polar surface area (TPSA) is 101 Å². The summed E-state index contributed by atoms with van der Waals surface area (Å²) in [5, 5.41) is 0.484. The van der Waals surface area contributed by atoms with E-state index in [2.05, 4.69) is 30.4 Å². The molecule has 2 atom stereocenters. The number of carbonyl (C=O) groups excluding carboxylic acids is 1. The summed E-state index contributed by atoms with van der Waals surface area (Å²) in [7, 11) is -2.28. The molecular formula is C22H27ClN4O4S. The highest BCUT2D eigenvalue weighted by Gasteiger charge is 2.33. The number of methoxy groups -OCH3 is 1. The van der Waals surface area contributed by atoms with E-state index in [0.717, 1.165) is 12.1 Å². The Hall–Kier alpha value is -2.33. The van der Waals surface area contributed by atoms with Crippen molar-refractivity contribution in [1.82, 2.24) is 19.6 Å². The summed E-state index contributed by atoms with van der Waals surface area (Å²) < 4.78 is 33.1. The molecule has 0 spiro atoms. The minimum atomic E-state index is -3.66. The van der Waals surface area contributed by atoms with Gasteiger partial charge in [-0.2, -0.15) is 0 Å². The number of likely N-dealkylation sites (tertiary alicyclic amines) is 1. The first kappa shape index (κ1) is 24.3. The van der Waals surface area contributed by atoms with Gasteiger partial charge in [0.1, 0.15) is 0 Å². The molecule has 2 aromatic rings. The van der Waals surface area contributed by atoms with E-state index in [9.17, 15) is 13.2 Å². The first-order chi connectivity index (χ1) is 15.4. The highest BCUT2D eigenvalue weighted by atomic mass is 35.5. The minimum absolute atomic E-state index is 0.0352. The van der Waals surface area contributed by atoms with E-state index in [4.69, 9.17) is 11.6 Å². The summed E-state index contributed by atoms with van der Waals surface area (Å²) in [6.07, 6.45) is 11.5. The average molecular weight is 479 g/mol. The summed E-state index contributed by atoms with van der Waals surface area (Å²) in [4.78, 5) is 22.1. The van der Waals surface area contributed by atoms with E-state index in [1.807, 2.05) is 6.08 Å². The van der Waals surface area contributed by atoms with Gasteiger partial charge in [0.2, 0.25) is 10.0 Å². The Morgan fingerprint density at radius 2 is 2.09 bits per heavy atom. The molecule has 0 unspecified atom stereocenters. The van der Waals surface area contributed by atoms with E-state index in [0.29, 0.717) is 37.4 Å². The van der Waals surface area contributed by atoms with Gasteiger partial charge in [0, 0.05) is 55.2 Å². The number of carbonyl (C=O) groups is 1. The lowest BCUT2D eigenvalue weighted by atomic mass is 10.1. The van der Waals surface area contributed by atoms with Gasteiger partial charge in [-0.3, -0.25) is 19.7 Å². The lowest BCUT2D eigenvalue weighted by Crippen LogP contribution is -2.37. The lowest BCUT2D eigenvalue weighted by Gasteiger charge is -2.21. The van der Waals surface area contributed by atoms with Crippen LogP contribution in [0.25, 0.3) is 0 Å². The third kappa shape index (κ3) is 7.09. The van der Waals surface area contributed by atoms with E-state index in [1.165, 1.54) is 19.2 Å². The molecule has 3 rings (SSSR count). The van der Waals surface area contributed by atoms with Crippen LogP contribution in [-0.2, 0) is 26.1 Å². The maximum Gasteiger partial charge on any atom is 0.305 e. The second-order valence-corrected chi connectivity index (χ2v) is 9.75. The monoisotopic (exact) mass is 478 g/mol. The molecule has 0 bridgehead atoms. The Bertz CT molecular complexity index is 1020. The first-order valence-corrected chi connectivity index (χ1v) is 12.2. The summed E-state index contributed by atoms with van der Waals surface area (Å²) in [5.74, 6) is -0.222. The first-order valence-electron chi connectivity index (χ1n) is 10.4. The number of halogens is 1. The number of benzene rings is 1. The second-order valence-electron chi connectivity index (χ2n) is 7.60. The Kier molecular flexibility index (Phi) is 8.75. The van der Waals surface area contributed by atoms with Gasteiger partial charge in [-0.05, 0) is 43.5 Å². The maximum atomic E-state index is 12.8. The van der Waals surface area contributed by atoms with Gasteiger partial charge in [-0.15, -0.1) is 0 Å². The largest absolute Gasteiger partial charge is 0.469 e. The number of hydrogen-bond donors (Lipinski definition) is 1. The van der Waals surface area contributed by atoms with Gasteiger partial charge < -0.3 is 4.74 Å². The van der Waals surface area contributed by atoms with E-state index >= 15 is 0 Å². The van der Waals surface area contributed by atoms with Crippen molar-refractivity contribution in [1.29, 1.82) is 0 Å².